The molecule has 0 aromatic heterocycles. The summed E-state index contributed by atoms with van der Waals surface area (Å²) in [7, 11) is 0. The zero-order valence-electron chi connectivity index (χ0n) is 11.4. The molecule has 2 atom stereocenters. The van der Waals surface area contributed by atoms with E-state index in [4.69, 9.17) is 5.26 Å². The minimum Gasteiger partial charge on any atom is -0.352 e. The SMILES string of the molecule is CCC(C)CC(C)NC(=O)C1(C#N)CC(C)C1. The van der Waals surface area contributed by atoms with Crippen molar-refractivity contribution < 1.29 is 4.79 Å². The third kappa shape index (κ3) is 3.21. The topological polar surface area (TPSA) is 52.9 Å². The van der Waals surface area contributed by atoms with Crippen molar-refractivity contribution in [1.29, 1.82) is 5.26 Å². The lowest BCUT2D eigenvalue weighted by Crippen LogP contribution is -2.50. The first-order valence-electron chi connectivity index (χ1n) is 6.65. The molecule has 1 saturated carbocycles. The Morgan fingerprint density at radius 3 is 2.53 bits per heavy atom. The molecule has 17 heavy (non-hydrogen) atoms. The first kappa shape index (κ1) is 14.0. The fourth-order valence-corrected chi connectivity index (χ4v) is 2.65. The Morgan fingerprint density at radius 2 is 2.12 bits per heavy atom. The van der Waals surface area contributed by atoms with Crippen molar-refractivity contribution in [2.45, 2.75) is 59.4 Å². The van der Waals surface area contributed by atoms with E-state index >= 15 is 0 Å². The third-order valence-electron chi connectivity index (χ3n) is 3.87. The predicted molar refractivity (Wildman–Crippen MR) is 68.1 cm³/mol. The molecule has 1 fully saturated rings. The molecule has 0 spiro atoms. The van der Waals surface area contributed by atoms with E-state index in [9.17, 15) is 4.79 Å². The highest BCUT2D eigenvalue weighted by atomic mass is 16.2. The summed E-state index contributed by atoms with van der Waals surface area (Å²) >= 11 is 0. The molecule has 0 heterocycles. The first-order chi connectivity index (χ1) is 7.93. The average Bonchev–Trinajstić information content (AvgIpc) is 2.23. The number of nitrogens with zero attached hydrogens (tertiary/aromatic N) is 1. The van der Waals surface area contributed by atoms with Crippen molar-refractivity contribution in [2.24, 2.45) is 17.3 Å². The molecule has 0 saturated heterocycles. The molecule has 3 heteroatoms. The van der Waals surface area contributed by atoms with Gasteiger partial charge >= 0.3 is 0 Å². The Kier molecular flexibility index (Phi) is 4.56. The molecule has 1 aliphatic rings. The van der Waals surface area contributed by atoms with Gasteiger partial charge in [0, 0.05) is 6.04 Å². The number of carbonyl (C=O) groups excluding carboxylic acids is 1. The van der Waals surface area contributed by atoms with Gasteiger partial charge in [-0.2, -0.15) is 5.26 Å². The quantitative estimate of drug-likeness (QED) is 0.798. The number of carbonyl (C=O) groups is 1. The van der Waals surface area contributed by atoms with Crippen LogP contribution in [-0.2, 0) is 4.79 Å². The van der Waals surface area contributed by atoms with Crippen LogP contribution in [0.3, 0.4) is 0 Å². The molecule has 0 aromatic carbocycles. The Labute approximate surface area is 105 Å². The van der Waals surface area contributed by atoms with Crippen LogP contribution in [0.5, 0.6) is 0 Å². The summed E-state index contributed by atoms with van der Waals surface area (Å²) in [6, 6.07) is 2.37. The van der Waals surface area contributed by atoms with Gasteiger partial charge in [0.15, 0.2) is 0 Å². The molecular weight excluding hydrogens is 212 g/mol. The summed E-state index contributed by atoms with van der Waals surface area (Å²) in [5.41, 5.74) is -0.733. The molecule has 0 radical (unpaired) electrons. The summed E-state index contributed by atoms with van der Waals surface area (Å²) in [5.74, 6) is 1.06. The molecule has 3 nitrogen and oxygen atoms in total. The number of nitriles is 1. The van der Waals surface area contributed by atoms with Crippen molar-refractivity contribution in [3.63, 3.8) is 0 Å². The Balaban J connectivity index is 2.46. The summed E-state index contributed by atoms with van der Waals surface area (Å²) in [4.78, 5) is 12.1. The highest BCUT2D eigenvalue weighted by Gasteiger charge is 2.49. The second kappa shape index (κ2) is 5.53. The van der Waals surface area contributed by atoms with E-state index in [1.807, 2.05) is 6.92 Å². The van der Waals surface area contributed by atoms with Crippen LogP contribution in [0.25, 0.3) is 0 Å². The molecule has 96 valence electrons. The number of nitrogens with one attached hydrogen (secondary N) is 1. The van der Waals surface area contributed by atoms with E-state index in [2.05, 4.69) is 32.2 Å². The van der Waals surface area contributed by atoms with Crippen LogP contribution in [0.4, 0.5) is 0 Å². The van der Waals surface area contributed by atoms with Crippen LogP contribution in [-0.4, -0.2) is 11.9 Å². The van der Waals surface area contributed by atoms with Gasteiger partial charge in [-0.15, -0.1) is 0 Å². The average molecular weight is 236 g/mol. The van der Waals surface area contributed by atoms with E-state index in [-0.39, 0.29) is 11.9 Å². The number of amides is 1. The minimum absolute atomic E-state index is 0.0612. The van der Waals surface area contributed by atoms with Gasteiger partial charge < -0.3 is 5.32 Å². The molecule has 0 bridgehead atoms. The fourth-order valence-electron chi connectivity index (χ4n) is 2.65. The lowest BCUT2D eigenvalue weighted by atomic mass is 9.63. The van der Waals surface area contributed by atoms with Gasteiger partial charge in [-0.3, -0.25) is 4.79 Å². The predicted octanol–water partition coefficient (Wildman–Crippen LogP) is 2.87. The second-order valence-corrected chi connectivity index (χ2v) is 5.83. The van der Waals surface area contributed by atoms with Crippen molar-refractivity contribution in [3.05, 3.63) is 0 Å². The largest absolute Gasteiger partial charge is 0.352 e. The van der Waals surface area contributed by atoms with E-state index in [0.29, 0.717) is 24.7 Å². The third-order valence-corrected chi connectivity index (χ3v) is 3.87. The van der Waals surface area contributed by atoms with Crippen LogP contribution in [0.15, 0.2) is 0 Å². The lowest BCUT2D eigenvalue weighted by molar-refractivity contribution is -0.134. The standard InChI is InChI=1S/C14H24N2O/c1-5-10(2)6-12(4)16-13(17)14(9-15)7-11(3)8-14/h10-12H,5-8H2,1-4H3,(H,16,17). The maximum atomic E-state index is 12.1. The van der Waals surface area contributed by atoms with Crippen molar-refractivity contribution in [3.8, 4) is 6.07 Å². The second-order valence-electron chi connectivity index (χ2n) is 5.83. The van der Waals surface area contributed by atoms with E-state index in [0.717, 1.165) is 12.8 Å². The van der Waals surface area contributed by atoms with E-state index < -0.39 is 5.41 Å². The maximum Gasteiger partial charge on any atom is 0.240 e. The van der Waals surface area contributed by atoms with Crippen molar-refractivity contribution in [2.75, 3.05) is 0 Å². The Morgan fingerprint density at radius 1 is 1.53 bits per heavy atom. The van der Waals surface area contributed by atoms with Crippen LogP contribution in [0, 0.1) is 28.6 Å². The number of hydrogen-bond donors (Lipinski definition) is 1. The van der Waals surface area contributed by atoms with E-state index in [1.54, 1.807) is 0 Å². The van der Waals surface area contributed by atoms with Crippen molar-refractivity contribution in [1.82, 2.24) is 5.32 Å². The summed E-state index contributed by atoms with van der Waals surface area (Å²) in [6.45, 7) is 8.46. The van der Waals surface area contributed by atoms with Gasteiger partial charge in [0.25, 0.3) is 0 Å². The Hall–Kier alpha value is -1.04. The van der Waals surface area contributed by atoms with Crippen LogP contribution in [0.2, 0.25) is 0 Å². The normalized spacial score (nSPS) is 30.9. The van der Waals surface area contributed by atoms with Crippen LogP contribution < -0.4 is 5.32 Å². The van der Waals surface area contributed by atoms with Crippen LogP contribution >= 0.6 is 0 Å². The lowest BCUT2D eigenvalue weighted by Gasteiger charge is -2.40. The zero-order valence-corrected chi connectivity index (χ0v) is 11.4. The van der Waals surface area contributed by atoms with Gasteiger partial charge in [0.2, 0.25) is 5.91 Å². The number of hydrogen-bond acceptors (Lipinski definition) is 2. The Bertz CT molecular complexity index is 313. The highest BCUT2D eigenvalue weighted by Crippen LogP contribution is 2.45. The zero-order chi connectivity index (χ0) is 13.1. The smallest absolute Gasteiger partial charge is 0.240 e. The molecule has 2 unspecified atom stereocenters. The first-order valence-corrected chi connectivity index (χ1v) is 6.65. The van der Waals surface area contributed by atoms with Gasteiger partial charge in [0.05, 0.1) is 6.07 Å². The van der Waals surface area contributed by atoms with Crippen molar-refractivity contribution >= 4 is 5.91 Å². The summed E-state index contributed by atoms with van der Waals surface area (Å²) < 4.78 is 0. The highest BCUT2D eigenvalue weighted by molar-refractivity contribution is 5.86. The molecule has 1 rings (SSSR count). The van der Waals surface area contributed by atoms with E-state index in [1.165, 1.54) is 0 Å². The molecule has 1 N–H and O–H groups in total. The molecular formula is C14H24N2O. The summed E-state index contributed by atoms with van der Waals surface area (Å²) in [6.07, 6.45) is 3.54. The number of rotatable bonds is 5. The van der Waals surface area contributed by atoms with Gasteiger partial charge in [-0.25, -0.2) is 0 Å². The summed E-state index contributed by atoms with van der Waals surface area (Å²) in [5, 5.41) is 12.2. The van der Waals surface area contributed by atoms with Crippen LogP contribution in [0.1, 0.15) is 53.4 Å². The minimum atomic E-state index is -0.733. The molecule has 1 amide bonds. The molecule has 0 aliphatic heterocycles. The van der Waals surface area contributed by atoms with Gasteiger partial charge in [0.1, 0.15) is 5.41 Å². The monoisotopic (exact) mass is 236 g/mol. The fraction of sp³-hybridized carbons (Fsp3) is 0.857. The van der Waals surface area contributed by atoms with Gasteiger partial charge in [-0.05, 0) is 38.0 Å². The van der Waals surface area contributed by atoms with Gasteiger partial charge in [-0.1, -0.05) is 27.2 Å². The molecule has 1 aliphatic carbocycles. The molecule has 0 aromatic rings. The maximum absolute atomic E-state index is 12.1.